The standard InChI is InChI=1S/C33H33NS/c1-21(2)30-19-27(18-25-11-7-8-12-29(25)30)32-33-26(15-16-34-32)20-31(35-33)28-14-13-24(17-22(28)3)23-9-5-4-6-10-23/h7-8,11-21,23H,4-6,9-10H2,1-3H3. The minimum absolute atomic E-state index is 0.461. The summed E-state index contributed by atoms with van der Waals surface area (Å²) in [5, 5.41) is 3.92. The number of pyridine rings is 1. The Morgan fingerprint density at radius 3 is 2.49 bits per heavy atom. The fraction of sp³-hybridized carbons (Fsp3) is 0.303. The molecule has 1 aliphatic carbocycles. The number of thiophene rings is 1. The molecule has 5 aromatic rings. The third-order valence-electron chi connectivity index (χ3n) is 7.82. The summed E-state index contributed by atoms with van der Waals surface area (Å²) in [4.78, 5) is 6.24. The highest BCUT2D eigenvalue weighted by Gasteiger charge is 2.18. The summed E-state index contributed by atoms with van der Waals surface area (Å²) < 4.78 is 1.28. The normalized spacial score (nSPS) is 14.9. The van der Waals surface area contributed by atoms with Crippen molar-refractivity contribution in [3.8, 4) is 21.7 Å². The Morgan fingerprint density at radius 2 is 1.69 bits per heavy atom. The predicted molar refractivity (Wildman–Crippen MR) is 153 cm³/mol. The van der Waals surface area contributed by atoms with Crippen LogP contribution in [-0.2, 0) is 0 Å². The summed E-state index contributed by atoms with van der Waals surface area (Å²) in [5.74, 6) is 1.21. The molecule has 2 aromatic heterocycles. The molecule has 0 atom stereocenters. The molecule has 0 radical (unpaired) electrons. The number of hydrogen-bond acceptors (Lipinski definition) is 2. The Labute approximate surface area is 212 Å². The molecule has 1 fully saturated rings. The number of aryl methyl sites for hydroxylation is 1. The van der Waals surface area contributed by atoms with Gasteiger partial charge in [0, 0.05) is 16.6 Å². The Hall–Kier alpha value is -2.97. The summed E-state index contributed by atoms with van der Waals surface area (Å²) in [6.45, 7) is 6.84. The van der Waals surface area contributed by atoms with Crippen LogP contribution in [0.15, 0.2) is 72.9 Å². The Bertz CT molecular complexity index is 1520. The smallest absolute Gasteiger partial charge is 0.0880 e. The molecular weight excluding hydrogens is 442 g/mol. The molecule has 0 saturated heterocycles. The summed E-state index contributed by atoms with van der Waals surface area (Å²) in [7, 11) is 0. The van der Waals surface area contributed by atoms with E-state index in [1.54, 1.807) is 0 Å². The first-order valence-corrected chi connectivity index (χ1v) is 13.9. The van der Waals surface area contributed by atoms with Gasteiger partial charge in [0.2, 0.25) is 0 Å². The van der Waals surface area contributed by atoms with Crippen LogP contribution in [0.2, 0.25) is 0 Å². The van der Waals surface area contributed by atoms with Gasteiger partial charge in [-0.3, -0.25) is 4.98 Å². The molecule has 2 heteroatoms. The second-order valence-corrected chi connectivity index (χ2v) is 11.6. The van der Waals surface area contributed by atoms with Crippen LogP contribution in [-0.4, -0.2) is 4.98 Å². The van der Waals surface area contributed by atoms with Gasteiger partial charge in [0.1, 0.15) is 0 Å². The second-order valence-electron chi connectivity index (χ2n) is 10.5. The highest BCUT2D eigenvalue weighted by molar-refractivity contribution is 7.22. The number of hydrogen-bond donors (Lipinski definition) is 0. The Kier molecular flexibility index (Phi) is 5.94. The molecule has 2 heterocycles. The quantitative estimate of drug-likeness (QED) is 0.252. The van der Waals surface area contributed by atoms with Crippen molar-refractivity contribution in [2.24, 2.45) is 0 Å². The molecule has 0 amide bonds. The molecule has 0 aliphatic heterocycles. The van der Waals surface area contributed by atoms with E-state index in [0.29, 0.717) is 5.92 Å². The van der Waals surface area contributed by atoms with E-state index < -0.39 is 0 Å². The third kappa shape index (κ3) is 4.19. The summed E-state index contributed by atoms with van der Waals surface area (Å²) in [6, 6.07) is 25.1. The maximum absolute atomic E-state index is 4.90. The molecule has 0 unspecified atom stereocenters. The van der Waals surface area contributed by atoms with Gasteiger partial charge in [-0.1, -0.05) is 75.6 Å². The molecule has 0 bridgehead atoms. The molecule has 0 N–H and O–H groups in total. The minimum atomic E-state index is 0.461. The van der Waals surface area contributed by atoms with Gasteiger partial charge in [0.05, 0.1) is 10.4 Å². The fourth-order valence-electron chi connectivity index (χ4n) is 5.91. The first kappa shape index (κ1) is 22.5. The average Bonchev–Trinajstić information content (AvgIpc) is 3.32. The Morgan fingerprint density at radius 1 is 0.857 bits per heavy atom. The number of benzene rings is 3. The number of fused-ring (bicyclic) bond motifs is 2. The zero-order valence-electron chi connectivity index (χ0n) is 21.0. The van der Waals surface area contributed by atoms with Gasteiger partial charge in [-0.05, 0) is 94.3 Å². The minimum Gasteiger partial charge on any atom is -0.255 e. The van der Waals surface area contributed by atoms with Crippen molar-refractivity contribution in [3.05, 3.63) is 89.6 Å². The van der Waals surface area contributed by atoms with Crippen LogP contribution in [0.25, 0.3) is 42.6 Å². The number of aromatic nitrogens is 1. The monoisotopic (exact) mass is 475 g/mol. The zero-order valence-corrected chi connectivity index (χ0v) is 21.8. The lowest BCUT2D eigenvalue weighted by Crippen LogP contribution is -2.04. The lowest BCUT2D eigenvalue weighted by Gasteiger charge is -2.22. The van der Waals surface area contributed by atoms with Crippen LogP contribution in [0.1, 0.15) is 74.5 Å². The SMILES string of the molecule is Cc1cc(C2CCCCC2)ccc1-c1cc2ccnc(-c3cc(C(C)C)c4ccccc4c3)c2s1. The van der Waals surface area contributed by atoms with Crippen LogP contribution >= 0.6 is 11.3 Å². The first-order chi connectivity index (χ1) is 17.1. The lowest BCUT2D eigenvalue weighted by atomic mass is 9.83. The maximum Gasteiger partial charge on any atom is 0.0880 e. The summed E-state index contributed by atoms with van der Waals surface area (Å²) >= 11 is 1.88. The fourth-order valence-corrected chi connectivity index (χ4v) is 7.17. The van der Waals surface area contributed by atoms with Crippen molar-refractivity contribution in [2.45, 2.75) is 64.7 Å². The van der Waals surface area contributed by atoms with Gasteiger partial charge < -0.3 is 0 Å². The van der Waals surface area contributed by atoms with Crippen molar-refractivity contribution >= 4 is 32.2 Å². The van der Waals surface area contributed by atoms with Crippen LogP contribution in [0.3, 0.4) is 0 Å². The van der Waals surface area contributed by atoms with Crippen molar-refractivity contribution in [1.29, 1.82) is 0 Å². The first-order valence-electron chi connectivity index (χ1n) is 13.1. The van der Waals surface area contributed by atoms with Gasteiger partial charge in [-0.25, -0.2) is 0 Å². The van der Waals surface area contributed by atoms with Crippen LogP contribution in [0, 0.1) is 6.92 Å². The molecule has 35 heavy (non-hydrogen) atoms. The molecule has 0 spiro atoms. The van der Waals surface area contributed by atoms with Crippen LogP contribution in [0.5, 0.6) is 0 Å². The van der Waals surface area contributed by atoms with Crippen LogP contribution < -0.4 is 0 Å². The third-order valence-corrected chi connectivity index (χ3v) is 9.01. The highest BCUT2D eigenvalue weighted by atomic mass is 32.1. The van der Waals surface area contributed by atoms with Crippen molar-refractivity contribution in [3.63, 3.8) is 0 Å². The van der Waals surface area contributed by atoms with Crippen molar-refractivity contribution in [1.82, 2.24) is 4.98 Å². The average molecular weight is 476 g/mol. The van der Waals surface area contributed by atoms with E-state index in [-0.39, 0.29) is 0 Å². The zero-order chi connectivity index (χ0) is 23.9. The van der Waals surface area contributed by atoms with E-state index in [2.05, 4.69) is 87.5 Å². The second kappa shape index (κ2) is 9.24. The van der Waals surface area contributed by atoms with E-state index in [4.69, 9.17) is 4.98 Å². The lowest BCUT2D eigenvalue weighted by molar-refractivity contribution is 0.443. The topological polar surface area (TPSA) is 12.9 Å². The van der Waals surface area contributed by atoms with E-state index in [1.165, 1.54) is 85.7 Å². The molecule has 3 aromatic carbocycles. The molecule has 176 valence electrons. The number of rotatable bonds is 4. The molecular formula is C33H33NS. The van der Waals surface area contributed by atoms with E-state index in [9.17, 15) is 0 Å². The van der Waals surface area contributed by atoms with Gasteiger partial charge >= 0.3 is 0 Å². The van der Waals surface area contributed by atoms with Crippen molar-refractivity contribution < 1.29 is 0 Å². The summed E-state index contributed by atoms with van der Waals surface area (Å²) in [5.41, 5.74) is 7.99. The van der Waals surface area contributed by atoms with Gasteiger partial charge in [0.25, 0.3) is 0 Å². The molecule has 1 aliphatic rings. The highest BCUT2D eigenvalue weighted by Crippen LogP contribution is 2.42. The predicted octanol–water partition coefficient (Wildman–Crippen LogP) is 10.3. The Balaban J connectivity index is 1.44. The van der Waals surface area contributed by atoms with Gasteiger partial charge in [-0.2, -0.15) is 0 Å². The van der Waals surface area contributed by atoms with E-state index in [0.717, 1.165) is 11.6 Å². The van der Waals surface area contributed by atoms with Crippen molar-refractivity contribution in [2.75, 3.05) is 0 Å². The molecule has 1 saturated carbocycles. The van der Waals surface area contributed by atoms with E-state index in [1.807, 2.05) is 17.5 Å². The van der Waals surface area contributed by atoms with Gasteiger partial charge in [-0.15, -0.1) is 11.3 Å². The summed E-state index contributed by atoms with van der Waals surface area (Å²) in [6.07, 6.45) is 8.83. The maximum atomic E-state index is 4.90. The molecule has 1 nitrogen and oxygen atoms in total. The molecule has 6 rings (SSSR count). The largest absolute Gasteiger partial charge is 0.255 e. The van der Waals surface area contributed by atoms with E-state index >= 15 is 0 Å². The number of nitrogens with zero attached hydrogens (tertiary/aromatic N) is 1. The van der Waals surface area contributed by atoms with Crippen LogP contribution in [0.4, 0.5) is 0 Å². The van der Waals surface area contributed by atoms with Gasteiger partial charge in [0.15, 0.2) is 0 Å².